The van der Waals surface area contributed by atoms with Crippen LogP contribution in [0, 0.1) is 10.8 Å². The van der Waals surface area contributed by atoms with Crippen molar-refractivity contribution in [3.63, 3.8) is 0 Å². The van der Waals surface area contributed by atoms with Crippen LogP contribution in [0.5, 0.6) is 5.88 Å². The van der Waals surface area contributed by atoms with Gasteiger partial charge in [-0.15, -0.1) is 0 Å². The van der Waals surface area contributed by atoms with Gasteiger partial charge >= 0.3 is 0 Å². The number of hydrogen-bond acceptors (Lipinski definition) is 9. The van der Waals surface area contributed by atoms with Gasteiger partial charge in [0.2, 0.25) is 11.8 Å². The molecule has 1 aromatic heterocycles. The second-order valence-electron chi connectivity index (χ2n) is 16.2. The van der Waals surface area contributed by atoms with E-state index >= 15 is 0 Å². The van der Waals surface area contributed by atoms with Crippen LogP contribution in [0.25, 0.3) is 0 Å². The standard InChI is InChI=1S/C33H62N6O3/c1-30(2,3)25-41-24-27(40)23-36-15-19-38(20-16-36)32(7,8)12-13-33(9,10)39-21-17-37(18-22-39)29-34-14-11-28(35-29)42-26-31(4,5)6/h11,14,27,40H,12-13,15-26H2,1-10H3/t27-/m1/s1. The first-order valence-corrected chi connectivity index (χ1v) is 16.1. The first-order chi connectivity index (χ1) is 19.4. The molecule has 0 saturated carbocycles. The van der Waals surface area contributed by atoms with E-state index in [1.54, 1.807) is 0 Å². The number of ether oxygens (including phenoxy) is 2. The number of β-amino-alcohol motifs (C(OH)–C–C–N with tert-alkyl or cyclic N) is 1. The zero-order valence-electron chi connectivity index (χ0n) is 28.6. The highest BCUT2D eigenvalue weighted by molar-refractivity contribution is 5.33. The zero-order valence-corrected chi connectivity index (χ0v) is 28.6. The summed E-state index contributed by atoms with van der Waals surface area (Å²) in [7, 11) is 0. The van der Waals surface area contributed by atoms with Gasteiger partial charge < -0.3 is 19.5 Å². The molecule has 242 valence electrons. The van der Waals surface area contributed by atoms with Crippen LogP contribution < -0.4 is 9.64 Å². The largest absolute Gasteiger partial charge is 0.477 e. The normalized spacial score (nSPS) is 19.7. The number of anilines is 1. The maximum absolute atomic E-state index is 10.5. The van der Waals surface area contributed by atoms with E-state index in [0.29, 0.717) is 32.2 Å². The minimum atomic E-state index is -0.425. The van der Waals surface area contributed by atoms with E-state index in [2.05, 4.69) is 93.8 Å². The van der Waals surface area contributed by atoms with Gasteiger partial charge in [-0.05, 0) is 51.4 Å². The first kappa shape index (κ1) is 35.0. The lowest BCUT2D eigenvalue weighted by Gasteiger charge is -2.48. The lowest BCUT2D eigenvalue weighted by atomic mass is 9.86. The summed E-state index contributed by atoms with van der Waals surface area (Å²) in [6.45, 7) is 32.9. The van der Waals surface area contributed by atoms with Crippen LogP contribution >= 0.6 is 0 Å². The first-order valence-electron chi connectivity index (χ1n) is 16.1. The molecule has 2 aliphatic rings. The molecule has 2 saturated heterocycles. The smallest absolute Gasteiger partial charge is 0.228 e. The van der Waals surface area contributed by atoms with Crippen LogP contribution in [0.2, 0.25) is 0 Å². The summed E-state index contributed by atoms with van der Waals surface area (Å²) in [5, 5.41) is 10.5. The molecular formula is C33H62N6O3. The van der Waals surface area contributed by atoms with Crippen LogP contribution in [-0.2, 0) is 4.74 Å². The van der Waals surface area contributed by atoms with E-state index in [1.807, 2.05) is 12.3 Å². The van der Waals surface area contributed by atoms with Crippen molar-refractivity contribution in [2.24, 2.45) is 10.8 Å². The Balaban J connectivity index is 1.41. The van der Waals surface area contributed by atoms with Gasteiger partial charge in [-0.3, -0.25) is 14.7 Å². The molecule has 0 bridgehead atoms. The topological polar surface area (TPSA) is 77.4 Å². The van der Waals surface area contributed by atoms with Gasteiger partial charge in [0.15, 0.2) is 0 Å². The summed E-state index contributed by atoms with van der Waals surface area (Å²) in [6, 6.07) is 1.85. The third-order valence-corrected chi connectivity index (χ3v) is 8.58. The minimum absolute atomic E-state index is 0.0935. The maximum Gasteiger partial charge on any atom is 0.228 e. The van der Waals surface area contributed by atoms with Crippen molar-refractivity contribution in [1.82, 2.24) is 24.7 Å². The molecule has 0 aromatic carbocycles. The van der Waals surface area contributed by atoms with Gasteiger partial charge in [-0.2, -0.15) is 4.98 Å². The molecule has 3 heterocycles. The molecule has 0 spiro atoms. The summed E-state index contributed by atoms with van der Waals surface area (Å²) in [5.41, 5.74) is 0.487. The fraction of sp³-hybridized carbons (Fsp3) is 0.879. The molecule has 0 amide bonds. The molecule has 1 aromatic rings. The highest BCUT2D eigenvalue weighted by Gasteiger charge is 2.35. The van der Waals surface area contributed by atoms with E-state index in [1.165, 1.54) is 0 Å². The molecular weight excluding hydrogens is 528 g/mol. The van der Waals surface area contributed by atoms with E-state index in [-0.39, 0.29) is 21.9 Å². The predicted molar refractivity (Wildman–Crippen MR) is 172 cm³/mol. The van der Waals surface area contributed by atoms with Crippen LogP contribution in [0.15, 0.2) is 12.3 Å². The number of aliphatic hydroxyl groups excluding tert-OH is 1. The second kappa shape index (κ2) is 14.5. The number of piperazine rings is 2. The number of hydrogen-bond donors (Lipinski definition) is 1. The molecule has 2 fully saturated rings. The molecule has 42 heavy (non-hydrogen) atoms. The van der Waals surface area contributed by atoms with Crippen molar-refractivity contribution in [1.29, 1.82) is 0 Å². The van der Waals surface area contributed by atoms with E-state index in [9.17, 15) is 5.11 Å². The third-order valence-electron chi connectivity index (χ3n) is 8.58. The molecule has 1 N–H and O–H groups in total. The molecule has 0 aliphatic carbocycles. The summed E-state index contributed by atoms with van der Waals surface area (Å²) in [4.78, 5) is 19.2. The molecule has 3 rings (SSSR count). The van der Waals surface area contributed by atoms with E-state index in [0.717, 1.165) is 71.1 Å². The van der Waals surface area contributed by atoms with Crippen LogP contribution in [0.3, 0.4) is 0 Å². The highest BCUT2D eigenvalue weighted by Crippen LogP contribution is 2.30. The van der Waals surface area contributed by atoms with Crippen molar-refractivity contribution >= 4 is 5.95 Å². The average molecular weight is 591 g/mol. The van der Waals surface area contributed by atoms with E-state index in [4.69, 9.17) is 14.5 Å². The van der Waals surface area contributed by atoms with Crippen LogP contribution in [0.1, 0.15) is 82.1 Å². The molecule has 0 radical (unpaired) electrons. The summed E-state index contributed by atoms with van der Waals surface area (Å²) in [5.74, 6) is 1.42. The Morgan fingerprint density at radius 1 is 0.762 bits per heavy atom. The Labute approximate surface area is 257 Å². The second-order valence-corrected chi connectivity index (χ2v) is 16.2. The van der Waals surface area contributed by atoms with Gasteiger partial charge in [0, 0.05) is 82.2 Å². The lowest BCUT2D eigenvalue weighted by molar-refractivity contribution is -0.0218. The van der Waals surface area contributed by atoms with Gasteiger partial charge in [0.05, 0.1) is 25.9 Å². The SMILES string of the molecule is CC(C)(C)COC[C@H](O)CN1CCN(C(C)(C)CCC(C)(C)N2CCN(c3nccc(OCC(C)(C)C)n3)CC2)CC1. The monoisotopic (exact) mass is 590 g/mol. The Morgan fingerprint density at radius 2 is 1.29 bits per heavy atom. The number of aromatic nitrogens is 2. The van der Waals surface area contributed by atoms with Gasteiger partial charge in [0.25, 0.3) is 0 Å². The number of rotatable bonds is 13. The van der Waals surface area contributed by atoms with Crippen molar-refractivity contribution in [2.45, 2.75) is 99.3 Å². The lowest BCUT2D eigenvalue weighted by Crippen LogP contribution is -2.58. The van der Waals surface area contributed by atoms with Crippen LogP contribution in [-0.4, -0.2) is 126 Å². The van der Waals surface area contributed by atoms with E-state index < -0.39 is 6.10 Å². The maximum atomic E-state index is 10.5. The number of nitrogens with zero attached hydrogens (tertiary/aromatic N) is 6. The van der Waals surface area contributed by atoms with Crippen molar-refractivity contribution in [2.75, 3.05) is 83.6 Å². The van der Waals surface area contributed by atoms with Gasteiger partial charge in [0.1, 0.15) is 0 Å². The summed E-state index contributed by atoms with van der Waals surface area (Å²) in [6.07, 6.45) is 3.69. The molecule has 2 aliphatic heterocycles. The predicted octanol–water partition coefficient (Wildman–Crippen LogP) is 4.40. The zero-order chi connectivity index (χ0) is 31.2. The van der Waals surface area contributed by atoms with Gasteiger partial charge in [-0.1, -0.05) is 41.5 Å². The summed E-state index contributed by atoms with van der Waals surface area (Å²) < 4.78 is 11.7. The molecule has 0 unspecified atom stereocenters. The minimum Gasteiger partial charge on any atom is -0.477 e. The Bertz CT molecular complexity index is 942. The molecule has 9 nitrogen and oxygen atoms in total. The van der Waals surface area contributed by atoms with Crippen LogP contribution in [0.4, 0.5) is 5.95 Å². The molecule has 1 atom stereocenters. The quantitative estimate of drug-likeness (QED) is 0.360. The Morgan fingerprint density at radius 3 is 1.81 bits per heavy atom. The Hall–Kier alpha value is -1.52. The molecule has 9 heteroatoms. The Kier molecular flexibility index (Phi) is 12.1. The fourth-order valence-corrected chi connectivity index (χ4v) is 5.68. The fourth-order valence-electron chi connectivity index (χ4n) is 5.68. The van der Waals surface area contributed by atoms with Crippen molar-refractivity contribution in [3.8, 4) is 5.88 Å². The van der Waals surface area contributed by atoms with Crippen molar-refractivity contribution in [3.05, 3.63) is 12.3 Å². The average Bonchev–Trinajstić information content (AvgIpc) is 2.90. The summed E-state index contributed by atoms with van der Waals surface area (Å²) >= 11 is 0. The van der Waals surface area contributed by atoms with Gasteiger partial charge in [-0.25, -0.2) is 4.98 Å². The number of aliphatic hydroxyl groups is 1. The van der Waals surface area contributed by atoms with Crippen molar-refractivity contribution < 1.29 is 14.6 Å². The third kappa shape index (κ3) is 11.5. The highest BCUT2D eigenvalue weighted by atomic mass is 16.5.